The summed E-state index contributed by atoms with van der Waals surface area (Å²) in [7, 11) is 0. The number of hydrogen-bond donors (Lipinski definition) is 1. The van der Waals surface area contributed by atoms with Gasteiger partial charge in [-0.3, -0.25) is 4.79 Å². The third-order valence-electron chi connectivity index (χ3n) is 3.22. The molecule has 3 rings (SSSR count). The molecule has 1 heterocycles. The Morgan fingerprint density at radius 2 is 1.75 bits per heavy atom. The Morgan fingerprint density at radius 3 is 2.55 bits per heavy atom. The van der Waals surface area contributed by atoms with E-state index in [0.717, 1.165) is 6.42 Å². The fourth-order valence-corrected chi connectivity index (χ4v) is 2.16. The molecule has 0 radical (unpaired) electrons. The van der Waals surface area contributed by atoms with Gasteiger partial charge in [0.25, 0.3) is 0 Å². The molecule has 1 aliphatic heterocycles. The Morgan fingerprint density at radius 1 is 1.00 bits per heavy atom. The van der Waals surface area contributed by atoms with Crippen LogP contribution in [0.4, 0.5) is 5.69 Å². The van der Waals surface area contributed by atoms with Gasteiger partial charge >= 0.3 is 0 Å². The van der Waals surface area contributed by atoms with Crippen molar-refractivity contribution in [2.45, 2.75) is 6.42 Å². The highest BCUT2D eigenvalue weighted by atomic mass is 16.5. The number of ketones is 1. The lowest BCUT2D eigenvalue weighted by atomic mass is 10.0. The molecule has 4 heteroatoms. The molecule has 20 heavy (non-hydrogen) atoms. The number of anilines is 1. The van der Waals surface area contributed by atoms with Gasteiger partial charge in [0.15, 0.2) is 17.3 Å². The Balaban J connectivity index is 1.97. The normalized spacial score (nSPS) is 13.6. The smallest absolute Gasteiger partial charge is 0.195 e. The van der Waals surface area contributed by atoms with Crippen LogP contribution in [-0.2, 0) is 0 Å². The topological polar surface area (TPSA) is 61.6 Å². The third kappa shape index (κ3) is 2.32. The summed E-state index contributed by atoms with van der Waals surface area (Å²) in [4.78, 5) is 12.5. The second-order valence-corrected chi connectivity index (χ2v) is 4.63. The Kier molecular flexibility index (Phi) is 3.29. The number of rotatable bonds is 2. The van der Waals surface area contributed by atoms with Gasteiger partial charge in [-0.25, -0.2) is 0 Å². The first-order valence-corrected chi connectivity index (χ1v) is 6.54. The average molecular weight is 269 g/mol. The number of carbonyl (C=O) groups excluding carboxylic acids is 1. The van der Waals surface area contributed by atoms with Crippen LogP contribution in [-0.4, -0.2) is 19.0 Å². The van der Waals surface area contributed by atoms with Crippen molar-refractivity contribution in [1.82, 2.24) is 0 Å². The predicted molar refractivity (Wildman–Crippen MR) is 76.3 cm³/mol. The zero-order chi connectivity index (χ0) is 13.9. The number of carbonyl (C=O) groups is 1. The van der Waals surface area contributed by atoms with Crippen molar-refractivity contribution in [3.05, 3.63) is 53.6 Å². The maximum Gasteiger partial charge on any atom is 0.195 e. The van der Waals surface area contributed by atoms with Gasteiger partial charge in [0.1, 0.15) is 0 Å². The molecule has 2 aromatic rings. The lowest BCUT2D eigenvalue weighted by Crippen LogP contribution is -2.05. The molecule has 0 bridgehead atoms. The number of hydrogen-bond acceptors (Lipinski definition) is 4. The number of nitrogen functional groups attached to an aromatic ring is 1. The second-order valence-electron chi connectivity index (χ2n) is 4.63. The first kappa shape index (κ1) is 12.5. The third-order valence-corrected chi connectivity index (χ3v) is 3.22. The van der Waals surface area contributed by atoms with Gasteiger partial charge in [-0.2, -0.15) is 0 Å². The number of benzene rings is 2. The van der Waals surface area contributed by atoms with Crippen LogP contribution in [0.25, 0.3) is 0 Å². The lowest BCUT2D eigenvalue weighted by Gasteiger charge is -2.09. The predicted octanol–water partition coefficient (Wildman–Crippen LogP) is 2.66. The maximum absolute atomic E-state index is 12.5. The number of fused-ring (bicyclic) bond motifs is 1. The Bertz CT molecular complexity index is 652. The van der Waals surface area contributed by atoms with E-state index in [1.54, 1.807) is 42.5 Å². The monoisotopic (exact) mass is 269 g/mol. The fourth-order valence-electron chi connectivity index (χ4n) is 2.16. The zero-order valence-electron chi connectivity index (χ0n) is 11.0. The van der Waals surface area contributed by atoms with E-state index in [2.05, 4.69) is 0 Å². The van der Waals surface area contributed by atoms with E-state index in [1.165, 1.54) is 0 Å². The van der Waals surface area contributed by atoms with Gasteiger partial charge in [0.05, 0.1) is 13.2 Å². The van der Waals surface area contributed by atoms with Crippen LogP contribution in [0.2, 0.25) is 0 Å². The van der Waals surface area contributed by atoms with Gasteiger partial charge in [-0.05, 0) is 30.3 Å². The number of nitrogens with two attached hydrogens (primary N) is 1. The van der Waals surface area contributed by atoms with Crippen LogP contribution in [0.5, 0.6) is 11.5 Å². The van der Waals surface area contributed by atoms with Crippen LogP contribution in [0, 0.1) is 0 Å². The Labute approximate surface area is 117 Å². The summed E-state index contributed by atoms with van der Waals surface area (Å²) in [6.45, 7) is 1.23. The first-order valence-electron chi connectivity index (χ1n) is 6.54. The minimum atomic E-state index is -0.112. The molecule has 0 saturated carbocycles. The maximum atomic E-state index is 12.5. The van der Waals surface area contributed by atoms with Gasteiger partial charge in [0.2, 0.25) is 0 Å². The van der Waals surface area contributed by atoms with Crippen molar-refractivity contribution < 1.29 is 14.3 Å². The first-order chi connectivity index (χ1) is 9.75. The van der Waals surface area contributed by atoms with Gasteiger partial charge in [-0.1, -0.05) is 12.1 Å². The van der Waals surface area contributed by atoms with Crippen LogP contribution in [0.15, 0.2) is 42.5 Å². The summed E-state index contributed by atoms with van der Waals surface area (Å²) in [5.74, 6) is 1.18. The molecule has 2 aromatic carbocycles. The summed E-state index contributed by atoms with van der Waals surface area (Å²) in [6, 6.07) is 12.3. The Hall–Kier alpha value is -2.49. The molecular weight excluding hydrogens is 254 g/mol. The molecule has 102 valence electrons. The lowest BCUT2D eigenvalue weighted by molar-refractivity contribution is 0.103. The minimum absolute atomic E-state index is 0.112. The highest BCUT2D eigenvalue weighted by Gasteiger charge is 2.16. The average Bonchev–Trinajstić information content (AvgIpc) is 2.71. The van der Waals surface area contributed by atoms with Crippen LogP contribution < -0.4 is 15.2 Å². The molecule has 0 amide bonds. The molecule has 4 nitrogen and oxygen atoms in total. The van der Waals surface area contributed by atoms with Crippen LogP contribution >= 0.6 is 0 Å². The van der Waals surface area contributed by atoms with Gasteiger partial charge < -0.3 is 15.2 Å². The second kappa shape index (κ2) is 5.25. The summed E-state index contributed by atoms with van der Waals surface area (Å²) in [5, 5.41) is 0. The largest absolute Gasteiger partial charge is 0.490 e. The summed E-state index contributed by atoms with van der Waals surface area (Å²) >= 11 is 0. The van der Waals surface area contributed by atoms with E-state index in [-0.39, 0.29) is 5.78 Å². The van der Waals surface area contributed by atoms with E-state index < -0.39 is 0 Å². The van der Waals surface area contributed by atoms with E-state index >= 15 is 0 Å². The highest BCUT2D eigenvalue weighted by molar-refractivity contribution is 6.12. The van der Waals surface area contributed by atoms with Crippen molar-refractivity contribution >= 4 is 11.5 Å². The number of para-hydroxylation sites is 1. The van der Waals surface area contributed by atoms with Crippen molar-refractivity contribution in [3.63, 3.8) is 0 Å². The van der Waals surface area contributed by atoms with Gasteiger partial charge in [-0.15, -0.1) is 0 Å². The molecule has 2 N–H and O–H groups in total. The van der Waals surface area contributed by atoms with Crippen molar-refractivity contribution in [1.29, 1.82) is 0 Å². The van der Waals surface area contributed by atoms with Crippen molar-refractivity contribution in [3.8, 4) is 11.5 Å². The van der Waals surface area contributed by atoms with Crippen LogP contribution in [0.1, 0.15) is 22.3 Å². The molecule has 0 aliphatic carbocycles. The highest BCUT2D eigenvalue weighted by Crippen LogP contribution is 2.31. The van der Waals surface area contributed by atoms with Crippen LogP contribution in [0.3, 0.4) is 0 Å². The van der Waals surface area contributed by atoms with E-state index in [0.29, 0.717) is 41.5 Å². The van der Waals surface area contributed by atoms with Crippen molar-refractivity contribution in [2.75, 3.05) is 18.9 Å². The van der Waals surface area contributed by atoms with E-state index in [1.807, 2.05) is 0 Å². The molecule has 0 atom stereocenters. The summed E-state index contributed by atoms with van der Waals surface area (Å²) in [6.07, 6.45) is 0.837. The summed E-state index contributed by atoms with van der Waals surface area (Å²) < 4.78 is 11.1. The molecular formula is C16H15NO3. The molecule has 0 saturated heterocycles. The quantitative estimate of drug-likeness (QED) is 0.672. The molecule has 0 aromatic heterocycles. The molecule has 0 fully saturated rings. The minimum Gasteiger partial charge on any atom is -0.490 e. The van der Waals surface area contributed by atoms with E-state index in [4.69, 9.17) is 15.2 Å². The summed E-state index contributed by atoms with van der Waals surface area (Å²) in [5.41, 5.74) is 7.37. The standard InChI is InChI=1S/C16H15NO3/c17-13-5-2-1-4-12(13)16(18)11-6-7-14-15(10-11)20-9-3-8-19-14/h1-2,4-7,10H,3,8-9,17H2. The number of ether oxygens (including phenoxy) is 2. The molecule has 0 unspecified atom stereocenters. The van der Waals surface area contributed by atoms with Crippen molar-refractivity contribution in [2.24, 2.45) is 0 Å². The van der Waals surface area contributed by atoms with E-state index in [9.17, 15) is 4.79 Å². The fraction of sp³-hybridized carbons (Fsp3) is 0.188. The SMILES string of the molecule is Nc1ccccc1C(=O)c1ccc2c(c1)OCCCO2. The van der Waals surface area contributed by atoms with Gasteiger partial charge in [0, 0.05) is 23.2 Å². The molecule has 1 aliphatic rings. The zero-order valence-corrected chi connectivity index (χ0v) is 11.0. The molecule has 0 spiro atoms.